The maximum absolute atomic E-state index is 3.75. The van der Waals surface area contributed by atoms with Gasteiger partial charge in [0.05, 0.1) is 0 Å². The first-order chi connectivity index (χ1) is 10.0. The van der Waals surface area contributed by atoms with E-state index in [1.807, 2.05) is 0 Å². The second-order valence-corrected chi connectivity index (χ2v) is 8.05. The first-order valence-corrected chi connectivity index (χ1v) is 9.45. The Bertz CT molecular complexity index is 311. The van der Waals surface area contributed by atoms with Crippen LogP contribution in [0.4, 0.5) is 0 Å². The molecule has 5 unspecified atom stereocenters. The Hall–Kier alpha value is -0.0800. The SMILES string of the molecule is CCC(C)(C(NC)C1CCC(C)C(C)C1)N1CCCCC1. The number of piperidine rings is 1. The Morgan fingerprint density at radius 1 is 1.10 bits per heavy atom. The Balaban J connectivity index is 2.12. The molecule has 0 amide bonds. The summed E-state index contributed by atoms with van der Waals surface area (Å²) in [6.07, 6.45) is 9.73. The smallest absolute Gasteiger partial charge is 0.0334 e. The van der Waals surface area contributed by atoms with Crippen molar-refractivity contribution in [3.8, 4) is 0 Å². The fourth-order valence-electron chi connectivity index (χ4n) is 4.99. The van der Waals surface area contributed by atoms with Crippen LogP contribution in [-0.2, 0) is 0 Å². The van der Waals surface area contributed by atoms with Gasteiger partial charge < -0.3 is 5.32 Å². The van der Waals surface area contributed by atoms with Crippen LogP contribution in [0.3, 0.4) is 0 Å². The van der Waals surface area contributed by atoms with E-state index in [-0.39, 0.29) is 0 Å². The van der Waals surface area contributed by atoms with Crippen molar-refractivity contribution in [2.75, 3.05) is 20.1 Å². The molecule has 2 nitrogen and oxygen atoms in total. The predicted molar refractivity (Wildman–Crippen MR) is 92.6 cm³/mol. The first-order valence-electron chi connectivity index (χ1n) is 9.45. The normalized spacial score (nSPS) is 36.1. The van der Waals surface area contributed by atoms with Crippen molar-refractivity contribution in [3.63, 3.8) is 0 Å². The fraction of sp³-hybridized carbons (Fsp3) is 1.00. The molecule has 0 aromatic heterocycles. The molecule has 2 heteroatoms. The van der Waals surface area contributed by atoms with Crippen molar-refractivity contribution in [1.29, 1.82) is 0 Å². The van der Waals surface area contributed by atoms with Gasteiger partial charge in [-0.3, -0.25) is 4.90 Å². The molecule has 1 saturated carbocycles. The van der Waals surface area contributed by atoms with Gasteiger partial charge in [0.2, 0.25) is 0 Å². The fourth-order valence-corrected chi connectivity index (χ4v) is 4.99. The van der Waals surface area contributed by atoms with Gasteiger partial charge in [-0.1, -0.05) is 33.6 Å². The topological polar surface area (TPSA) is 15.3 Å². The maximum Gasteiger partial charge on any atom is 0.0334 e. The van der Waals surface area contributed by atoms with Crippen molar-refractivity contribution in [3.05, 3.63) is 0 Å². The first kappa shape index (κ1) is 17.3. The largest absolute Gasteiger partial charge is 0.315 e. The van der Waals surface area contributed by atoms with Gasteiger partial charge in [-0.15, -0.1) is 0 Å². The third-order valence-electron chi connectivity index (χ3n) is 6.89. The van der Waals surface area contributed by atoms with Crippen molar-refractivity contribution in [1.82, 2.24) is 10.2 Å². The quantitative estimate of drug-likeness (QED) is 0.813. The van der Waals surface area contributed by atoms with Crippen LogP contribution < -0.4 is 5.32 Å². The minimum absolute atomic E-state index is 0.333. The van der Waals surface area contributed by atoms with E-state index >= 15 is 0 Å². The molecule has 0 bridgehead atoms. The molecule has 1 aliphatic carbocycles. The number of nitrogens with one attached hydrogen (secondary N) is 1. The summed E-state index contributed by atoms with van der Waals surface area (Å²) < 4.78 is 0. The maximum atomic E-state index is 3.75. The molecule has 0 radical (unpaired) electrons. The highest BCUT2D eigenvalue weighted by atomic mass is 15.2. The lowest BCUT2D eigenvalue weighted by Gasteiger charge is -2.52. The van der Waals surface area contributed by atoms with E-state index in [4.69, 9.17) is 0 Å². The molecule has 21 heavy (non-hydrogen) atoms. The third kappa shape index (κ3) is 3.64. The summed E-state index contributed by atoms with van der Waals surface area (Å²) in [5.74, 6) is 2.66. The number of nitrogens with zero attached hydrogens (tertiary/aromatic N) is 1. The van der Waals surface area contributed by atoms with Crippen LogP contribution in [0.25, 0.3) is 0 Å². The van der Waals surface area contributed by atoms with Gasteiger partial charge in [0, 0.05) is 11.6 Å². The summed E-state index contributed by atoms with van der Waals surface area (Å²) in [7, 11) is 2.20. The van der Waals surface area contributed by atoms with Gasteiger partial charge >= 0.3 is 0 Å². The van der Waals surface area contributed by atoms with Crippen molar-refractivity contribution in [2.45, 2.75) is 84.2 Å². The highest BCUT2D eigenvalue weighted by Gasteiger charge is 2.43. The van der Waals surface area contributed by atoms with E-state index in [9.17, 15) is 0 Å². The zero-order chi connectivity index (χ0) is 15.5. The number of likely N-dealkylation sites (tertiary alicyclic amines) is 1. The Morgan fingerprint density at radius 3 is 2.29 bits per heavy atom. The number of hydrogen-bond donors (Lipinski definition) is 1. The highest BCUT2D eigenvalue weighted by molar-refractivity contribution is 5.01. The lowest BCUT2D eigenvalue weighted by Crippen LogP contribution is -2.62. The molecule has 2 rings (SSSR count). The van der Waals surface area contributed by atoms with Crippen LogP contribution in [0, 0.1) is 17.8 Å². The zero-order valence-corrected chi connectivity index (χ0v) is 15.1. The van der Waals surface area contributed by atoms with Crippen LogP contribution >= 0.6 is 0 Å². The van der Waals surface area contributed by atoms with Crippen LogP contribution in [-0.4, -0.2) is 36.6 Å². The van der Waals surface area contributed by atoms with Crippen LogP contribution in [0.5, 0.6) is 0 Å². The van der Waals surface area contributed by atoms with E-state index in [1.165, 1.54) is 58.0 Å². The molecule has 1 N–H and O–H groups in total. The summed E-state index contributed by atoms with van der Waals surface area (Å²) in [5.41, 5.74) is 0.333. The summed E-state index contributed by atoms with van der Waals surface area (Å²) in [6.45, 7) is 12.4. The van der Waals surface area contributed by atoms with Crippen LogP contribution in [0.1, 0.15) is 72.6 Å². The monoisotopic (exact) mass is 294 g/mol. The molecule has 0 aromatic rings. The van der Waals surface area contributed by atoms with Crippen LogP contribution in [0.2, 0.25) is 0 Å². The van der Waals surface area contributed by atoms with E-state index in [2.05, 4.69) is 45.0 Å². The van der Waals surface area contributed by atoms with Gasteiger partial charge in [0.25, 0.3) is 0 Å². The Kier molecular flexibility index (Phi) is 6.14. The van der Waals surface area contributed by atoms with Gasteiger partial charge in [0.15, 0.2) is 0 Å². The lowest BCUT2D eigenvalue weighted by molar-refractivity contribution is 0.00999. The Morgan fingerprint density at radius 2 is 1.76 bits per heavy atom. The van der Waals surface area contributed by atoms with E-state index in [0.29, 0.717) is 11.6 Å². The number of hydrogen-bond acceptors (Lipinski definition) is 2. The zero-order valence-electron chi connectivity index (χ0n) is 15.1. The summed E-state index contributed by atoms with van der Waals surface area (Å²) in [6, 6.07) is 0.649. The minimum atomic E-state index is 0.333. The van der Waals surface area contributed by atoms with E-state index < -0.39 is 0 Å². The molecule has 2 aliphatic rings. The molecular weight excluding hydrogens is 256 g/mol. The molecule has 1 aliphatic heterocycles. The molecule has 5 atom stereocenters. The van der Waals surface area contributed by atoms with Gasteiger partial charge in [0.1, 0.15) is 0 Å². The third-order valence-corrected chi connectivity index (χ3v) is 6.89. The minimum Gasteiger partial charge on any atom is -0.315 e. The number of likely N-dealkylation sites (N-methyl/N-ethyl adjacent to an activating group) is 1. The number of rotatable bonds is 5. The lowest BCUT2D eigenvalue weighted by atomic mass is 9.68. The molecule has 0 aromatic carbocycles. The van der Waals surface area contributed by atoms with Gasteiger partial charge in [-0.25, -0.2) is 0 Å². The van der Waals surface area contributed by atoms with Crippen molar-refractivity contribution < 1.29 is 0 Å². The molecule has 0 spiro atoms. The molecule has 124 valence electrons. The van der Waals surface area contributed by atoms with Crippen molar-refractivity contribution in [2.24, 2.45) is 17.8 Å². The highest BCUT2D eigenvalue weighted by Crippen LogP contribution is 2.40. The van der Waals surface area contributed by atoms with E-state index in [1.54, 1.807) is 0 Å². The standard InChI is InChI=1S/C19H38N2/c1-6-19(4,21-12-8-7-9-13-21)18(20-5)17-11-10-15(2)16(3)14-17/h15-18,20H,6-14H2,1-5H3. The van der Waals surface area contributed by atoms with Crippen LogP contribution in [0.15, 0.2) is 0 Å². The molecule has 2 fully saturated rings. The summed E-state index contributed by atoms with van der Waals surface area (Å²) in [4.78, 5) is 2.81. The average Bonchev–Trinajstić information content (AvgIpc) is 2.52. The molecular formula is C19H38N2. The predicted octanol–water partition coefficient (Wildman–Crippen LogP) is 4.30. The van der Waals surface area contributed by atoms with Gasteiger partial charge in [-0.05, 0) is 76.9 Å². The van der Waals surface area contributed by atoms with Gasteiger partial charge in [-0.2, -0.15) is 0 Å². The summed E-state index contributed by atoms with van der Waals surface area (Å²) in [5, 5.41) is 3.75. The van der Waals surface area contributed by atoms with E-state index in [0.717, 1.165) is 17.8 Å². The molecule has 1 saturated heterocycles. The second-order valence-electron chi connectivity index (χ2n) is 8.05. The van der Waals surface area contributed by atoms with Crippen molar-refractivity contribution >= 4 is 0 Å². The Labute approximate surface area is 133 Å². The second kappa shape index (κ2) is 7.46. The average molecular weight is 295 g/mol. The summed E-state index contributed by atoms with van der Waals surface area (Å²) >= 11 is 0. The molecule has 1 heterocycles.